The lowest BCUT2D eigenvalue weighted by molar-refractivity contribution is -0.277. The van der Waals surface area contributed by atoms with E-state index in [2.05, 4.69) is 36.4 Å². The molecule has 4 aromatic rings. The molecule has 0 unspecified atom stereocenters. The Kier molecular flexibility index (Phi) is 10.9. The Morgan fingerprint density at radius 3 is 1.64 bits per heavy atom. The van der Waals surface area contributed by atoms with Gasteiger partial charge in [0.1, 0.15) is 41.7 Å². The summed E-state index contributed by atoms with van der Waals surface area (Å²) in [7, 11) is 0. The minimum absolute atomic E-state index is 0.0903. The summed E-state index contributed by atoms with van der Waals surface area (Å²) >= 11 is 0. The standard InChI is InChI=1S/C20H22O8.C14H12/c21-10-16-17(24)18(25)19(26)20(28-16)27-15-8-12(7-14(23)9-15)2-1-11-3-5-13(22)6-4-11;1-3-7-13(8-4-1)11-12-14-9-5-2-6-10-14/h1-9,16-26H,10H2;1-12H/b2-1+;/t16-,17-,18+,19-,20-;/m1./s1. The number of aliphatic hydroxyl groups excluding tert-OH is 4. The highest BCUT2D eigenvalue weighted by Crippen LogP contribution is 2.28. The first-order valence-corrected chi connectivity index (χ1v) is 13.4. The summed E-state index contributed by atoms with van der Waals surface area (Å²) in [6, 6.07) is 31.6. The van der Waals surface area contributed by atoms with Crippen molar-refractivity contribution in [2.45, 2.75) is 30.7 Å². The molecule has 0 saturated carbocycles. The van der Waals surface area contributed by atoms with Crippen molar-refractivity contribution < 1.29 is 40.1 Å². The fraction of sp³-hybridized carbons (Fsp3) is 0.176. The maximum Gasteiger partial charge on any atom is 0.229 e. The summed E-state index contributed by atoms with van der Waals surface area (Å²) in [6.07, 6.45) is 0.717. The zero-order chi connectivity index (χ0) is 29.9. The first kappa shape index (κ1) is 30.5. The van der Waals surface area contributed by atoms with Crippen LogP contribution in [0.1, 0.15) is 22.3 Å². The van der Waals surface area contributed by atoms with E-state index in [0.717, 1.165) is 5.56 Å². The first-order chi connectivity index (χ1) is 20.3. The molecule has 8 nitrogen and oxygen atoms in total. The van der Waals surface area contributed by atoms with Crippen molar-refractivity contribution in [2.24, 2.45) is 0 Å². The third-order valence-corrected chi connectivity index (χ3v) is 6.44. The van der Waals surface area contributed by atoms with Crippen LogP contribution in [-0.2, 0) is 4.74 Å². The lowest BCUT2D eigenvalue weighted by Gasteiger charge is -2.39. The van der Waals surface area contributed by atoms with E-state index in [-0.39, 0.29) is 17.2 Å². The first-order valence-electron chi connectivity index (χ1n) is 13.4. The molecule has 6 N–H and O–H groups in total. The molecule has 4 aromatic carbocycles. The van der Waals surface area contributed by atoms with Crippen molar-refractivity contribution >= 4 is 24.3 Å². The Morgan fingerprint density at radius 1 is 0.571 bits per heavy atom. The summed E-state index contributed by atoms with van der Waals surface area (Å²) in [5.41, 5.74) is 3.89. The second-order valence-electron chi connectivity index (χ2n) is 9.65. The number of phenolic OH excluding ortho intramolecular Hbond substituents is 2. The Bertz CT molecular complexity index is 1390. The SMILES string of the molecule is C(=Cc1ccccc1)c1ccccc1.OC[C@H]1O[C@@H](Oc2cc(O)cc(/C=C/c3ccc(O)cc3)c2)[C@H](O)[C@@H](O)[C@@H]1O. The Morgan fingerprint density at radius 2 is 1.10 bits per heavy atom. The minimum Gasteiger partial charge on any atom is -0.508 e. The van der Waals surface area contributed by atoms with Gasteiger partial charge in [-0.05, 0) is 46.5 Å². The van der Waals surface area contributed by atoms with Gasteiger partial charge in [-0.15, -0.1) is 0 Å². The Balaban J connectivity index is 0.000000241. The number of aliphatic hydroxyl groups is 4. The molecule has 5 rings (SSSR count). The summed E-state index contributed by atoms with van der Waals surface area (Å²) < 4.78 is 10.8. The van der Waals surface area contributed by atoms with E-state index in [9.17, 15) is 30.6 Å². The molecule has 8 heteroatoms. The van der Waals surface area contributed by atoms with Gasteiger partial charge in [-0.1, -0.05) is 97.1 Å². The molecule has 1 aliphatic heterocycles. The molecule has 218 valence electrons. The monoisotopic (exact) mass is 570 g/mol. The summed E-state index contributed by atoms with van der Waals surface area (Å²) in [5, 5.41) is 58.2. The molecule has 1 saturated heterocycles. The van der Waals surface area contributed by atoms with Crippen LogP contribution in [0.4, 0.5) is 0 Å². The van der Waals surface area contributed by atoms with E-state index in [1.165, 1.54) is 23.3 Å². The number of rotatable bonds is 7. The van der Waals surface area contributed by atoms with E-state index in [1.54, 1.807) is 42.5 Å². The molecule has 0 radical (unpaired) electrons. The number of benzene rings is 4. The lowest BCUT2D eigenvalue weighted by Crippen LogP contribution is -2.60. The predicted octanol–water partition coefficient (Wildman–Crippen LogP) is 4.30. The molecule has 1 aliphatic rings. The van der Waals surface area contributed by atoms with Gasteiger partial charge < -0.3 is 40.1 Å². The predicted molar refractivity (Wildman–Crippen MR) is 161 cm³/mol. The number of hydrogen-bond acceptors (Lipinski definition) is 8. The highest BCUT2D eigenvalue weighted by atomic mass is 16.7. The van der Waals surface area contributed by atoms with Crippen LogP contribution >= 0.6 is 0 Å². The van der Waals surface area contributed by atoms with Crippen molar-refractivity contribution in [3.63, 3.8) is 0 Å². The second-order valence-corrected chi connectivity index (χ2v) is 9.65. The number of phenols is 2. The van der Waals surface area contributed by atoms with Gasteiger partial charge in [-0.25, -0.2) is 0 Å². The zero-order valence-electron chi connectivity index (χ0n) is 22.7. The van der Waals surface area contributed by atoms with Crippen molar-refractivity contribution in [1.82, 2.24) is 0 Å². The largest absolute Gasteiger partial charge is 0.508 e. The Hall–Kier alpha value is -4.44. The molecule has 42 heavy (non-hydrogen) atoms. The van der Waals surface area contributed by atoms with Crippen LogP contribution in [0, 0.1) is 0 Å². The zero-order valence-corrected chi connectivity index (χ0v) is 22.7. The Labute approximate surface area is 244 Å². The summed E-state index contributed by atoms with van der Waals surface area (Å²) in [4.78, 5) is 0. The van der Waals surface area contributed by atoms with Crippen LogP contribution < -0.4 is 4.74 Å². The highest BCUT2D eigenvalue weighted by molar-refractivity contribution is 5.71. The fourth-order valence-corrected chi connectivity index (χ4v) is 4.17. The van der Waals surface area contributed by atoms with E-state index >= 15 is 0 Å². The molecule has 0 spiro atoms. The van der Waals surface area contributed by atoms with E-state index in [1.807, 2.05) is 36.4 Å². The highest BCUT2D eigenvalue weighted by Gasteiger charge is 2.44. The third-order valence-electron chi connectivity index (χ3n) is 6.44. The third kappa shape index (κ3) is 8.78. The van der Waals surface area contributed by atoms with Gasteiger partial charge in [0.05, 0.1) is 6.61 Å². The van der Waals surface area contributed by atoms with Gasteiger partial charge in [0, 0.05) is 6.07 Å². The maximum absolute atomic E-state index is 10.1. The van der Waals surface area contributed by atoms with Crippen LogP contribution in [0.25, 0.3) is 24.3 Å². The molecule has 0 bridgehead atoms. The maximum atomic E-state index is 10.1. The van der Waals surface area contributed by atoms with Crippen molar-refractivity contribution in [2.75, 3.05) is 6.61 Å². The van der Waals surface area contributed by atoms with Gasteiger partial charge in [0.2, 0.25) is 6.29 Å². The topological polar surface area (TPSA) is 140 Å². The molecular weight excluding hydrogens is 536 g/mol. The average Bonchev–Trinajstić information content (AvgIpc) is 3.01. The number of ether oxygens (including phenoxy) is 2. The number of aromatic hydroxyl groups is 2. The van der Waals surface area contributed by atoms with Gasteiger partial charge in [0.15, 0.2) is 0 Å². The van der Waals surface area contributed by atoms with Crippen LogP contribution in [0.5, 0.6) is 17.2 Å². The van der Waals surface area contributed by atoms with Crippen molar-refractivity contribution in [1.29, 1.82) is 0 Å². The van der Waals surface area contributed by atoms with E-state index < -0.39 is 37.3 Å². The molecule has 0 aromatic heterocycles. The summed E-state index contributed by atoms with van der Waals surface area (Å²) in [5.74, 6) is 0.229. The molecule has 1 fully saturated rings. The molecule has 1 heterocycles. The smallest absolute Gasteiger partial charge is 0.229 e. The average molecular weight is 571 g/mol. The van der Waals surface area contributed by atoms with Crippen LogP contribution in [0.15, 0.2) is 103 Å². The van der Waals surface area contributed by atoms with E-state index in [4.69, 9.17) is 9.47 Å². The normalized spacial score (nSPS) is 22.0. The minimum atomic E-state index is -1.55. The molecule has 0 amide bonds. The van der Waals surface area contributed by atoms with Crippen molar-refractivity contribution in [3.05, 3.63) is 125 Å². The van der Waals surface area contributed by atoms with Gasteiger partial charge in [-0.2, -0.15) is 0 Å². The molecular formula is C34H34O8. The van der Waals surface area contributed by atoms with Gasteiger partial charge in [0.25, 0.3) is 0 Å². The van der Waals surface area contributed by atoms with Gasteiger partial charge >= 0.3 is 0 Å². The summed E-state index contributed by atoms with van der Waals surface area (Å²) in [6.45, 7) is -0.564. The number of hydrogen-bond donors (Lipinski definition) is 6. The fourth-order valence-electron chi connectivity index (χ4n) is 4.17. The van der Waals surface area contributed by atoms with E-state index in [0.29, 0.717) is 5.56 Å². The van der Waals surface area contributed by atoms with Crippen LogP contribution in [0.3, 0.4) is 0 Å². The second kappa shape index (κ2) is 15.0. The molecule has 0 aliphatic carbocycles. The van der Waals surface area contributed by atoms with Crippen molar-refractivity contribution in [3.8, 4) is 17.2 Å². The lowest BCUT2D eigenvalue weighted by atomic mass is 9.99. The van der Waals surface area contributed by atoms with Crippen LogP contribution in [-0.4, -0.2) is 68.0 Å². The quantitative estimate of drug-likeness (QED) is 0.181. The van der Waals surface area contributed by atoms with Crippen LogP contribution in [0.2, 0.25) is 0 Å². The van der Waals surface area contributed by atoms with Gasteiger partial charge in [-0.3, -0.25) is 0 Å². The molecule has 5 atom stereocenters.